The molecule has 1 aromatic carbocycles. The van der Waals surface area contributed by atoms with Crippen LogP contribution in [0.25, 0.3) is 0 Å². The molecule has 0 radical (unpaired) electrons. The first-order valence-electron chi connectivity index (χ1n) is 5.84. The fraction of sp³-hybridized carbons (Fsp3) is 0.385. The Balaban J connectivity index is 2.14. The van der Waals surface area contributed by atoms with Crippen molar-refractivity contribution in [3.63, 3.8) is 0 Å². The van der Waals surface area contributed by atoms with Crippen molar-refractivity contribution in [2.24, 2.45) is 0 Å². The van der Waals surface area contributed by atoms with Crippen LogP contribution >= 0.6 is 22.6 Å². The lowest BCUT2D eigenvalue weighted by Gasteiger charge is -2.15. The summed E-state index contributed by atoms with van der Waals surface area (Å²) in [4.78, 5) is 23.1. The van der Waals surface area contributed by atoms with Gasteiger partial charge < -0.3 is 10.6 Å². The first kappa shape index (κ1) is 13.3. The molecule has 5 heteroatoms. The van der Waals surface area contributed by atoms with Gasteiger partial charge in [0.15, 0.2) is 0 Å². The van der Waals surface area contributed by atoms with E-state index >= 15 is 0 Å². The Morgan fingerprint density at radius 2 is 2.00 bits per heavy atom. The van der Waals surface area contributed by atoms with Gasteiger partial charge in [0, 0.05) is 15.7 Å². The number of anilines is 1. The van der Waals surface area contributed by atoms with Crippen LogP contribution in [0, 0.1) is 17.4 Å². The van der Waals surface area contributed by atoms with Gasteiger partial charge in [-0.05, 0) is 66.1 Å². The van der Waals surface area contributed by atoms with E-state index in [0.717, 1.165) is 20.4 Å². The molecule has 4 nitrogen and oxygen atoms in total. The zero-order valence-electron chi connectivity index (χ0n) is 10.3. The molecule has 0 spiro atoms. The van der Waals surface area contributed by atoms with Gasteiger partial charge in [0.05, 0.1) is 0 Å². The average Bonchev–Trinajstić information content (AvgIpc) is 2.70. The Labute approximate surface area is 120 Å². The number of halogens is 1. The lowest BCUT2D eigenvalue weighted by atomic mass is 10.1. The number of rotatable bonds is 2. The minimum Gasteiger partial charge on any atom is -0.344 e. The number of carbonyl (C=O) groups excluding carboxylic acids is 2. The summed E-state index contributed by atoms with van der Waals surface area (Å²) >= 11 is 2.25. The molecule has 96 valence electrons. The molecule has 1 heterocycles. The van der Waals surface area contributed by atoms with Gasteiger partial charge in [-0.15, -0.1) is 0 Å². The van der Waals surface area contributed by atoms with Gasteiger partial charge in [-0.25, -0.2) is 0 Å². The van der Waals surface area contributed by atoms with Crippen molar-refractivity contribution in [3.8, 4) is 0 Å². The van der Waals surface area contributed by atoms with Crippen molar-refractivity contribution in [1.29, 1.82) is 0 Å². The van der Waals surface area contributed by atoms with Crippen LogP contribution in [0.3, 0.4) is 0 Å². The van der Waals surface area contributed by atoms with Gasteiger partial charge in [-0.2, -0.15) is 0 Å². The third-order valence-electron chi connectivity index (χ3n) is 3.06. The van der Waals surface area contributed by atoms with Gasteiger partial charge in [0.2, 0.25) is 11.8 Å². The first-order valence-corrected chi connectivity index (χ1v) is 6.92. The van der Waals surface area contributed by atoms with E-state index in [0.29, 0.717) is 12.8 Å². The summed E-state index contributed by atoms with van der Waals surface area (Å²) in [5.74, 6) is -0.181. The van der Waals surface area contributed by atoms with Gasteiger partial charge in [-0.3, -0.25) is 9.59 Å². The third kappa shape index (κ3) is 2.82. The van der Waals surface area contributed by atoms with E-state index < -0.39 is 6.04 Å². The second-order valence-corrected chi connectivity index (χ2v) is 5.81. The predicted molar refractivity (Wildman–Crippen MR) is 78.4 cm³/mol. The highest BCUT2D eigenvalue weighted by Gasteiger charge is 2.27. The highest BCUT2D eigenvalue weighted by Crippen LogP contribution is 2.23. The fourth-order valence-corrected chi connectivity index (χ4v) is 3.06. The highest BCUT2D eigenvalue weighted by molar-refractivity contribution is 14.1. The van der Waals surface area contributed by atoms with E-state index in [9.17, 15) is 9.59 Å². The van der Waals surface area contributed by atoms with E-state index in [1.54, 1.807) is 0 Å². The highest BCUT2D eigenvalue weighted by atomic mass is 127. The maximum absolute atomic E-state index is 12.0. The number of carbonyl (C=O) groups is 2. The molecule has 1 saturated heterocycles. The summed E-state index contributed by atoms with van der Waals surface area (Å²) in [5, 5.41) is 5.58. The smallest absolute Gasteiger partial charge is 0.246 e. The lowest BCUT2D eigenvalue weighted by molar-refractivity contribution is -0.122. The second kappa shape index (κ2) is 5.26. The Kier molecular flexibility index (Phi) is 3.89. The zero-order valence-corrected chi connectivity index (χ0v) is 12.5. The number of hydrogen-bond donors (Lipinski definition) is 2. The van der Waals surface area contributed by atoms with Crippen LogP contribution in [-0.4, -0.2) is 17.9 Å². The summed E-state index contributed by atoms with van der Waals surface area (Å²) in [7, 11) is 0. The van der Waals surface area contributed by atoms with Crippen molar-refractivity contribution in [2.75, 3.05) is 5.32 Å². The Morgan fingerprint density at radius 3 is 2.50 bits per heavy atom. The minimum atomic E-state index is -0.393. The van der Waals surface area contributed by atoms with Crippen LogP contribution in [0.5, 0.6) is 0 Å². The molecule has 0 aliphatic carbocycles. The summed E-state index contributed by atoms with van der Waals surface area (Å²) < 4.78 is 1.15. The molecule has 0 saturated carbocycles. The molecule has 1 aromatic rings. The molecule has 2 amide bonds. The fourth-order valence-electron chi connectivity index (χ4n) is 2.13. The SMILES string of the molecule is Cc1cc(I)cc(C)c1NC(=O)[C@H]1CCC(=O)N1. The molecule has 1 aliphatic rings. The third-order valence-corrected chi connectivity index (χ3v) is 3.68. The standard InChI is InChI=1S/C13H15IN2O2/c1-7-5-9(14)6-8(2)12(7)16-13(18)10-3-4-11(17)15-10/h5-6,10H,3-4H2,1-2H3,(H,15,17)(H,16,18)/t10-/m1/s1. The van der Waals surface area contributed by atoms with E-state index in [-0.39, 0.29) is 11.8 Å². The van der Waals surface area contributed by atoms with E-state index in [1.165, 1.54) is 0 Å². The van der Waals surface area contributed by atoms with Crippen molar-refractivity contribution in [1.82, 2.24) is 5.32 Å². The van der Waals surface area contributed by atoms with Crippen molar-refractivity contribution < 1.29 is 9.59 Å². The molecule has 1 aliphatic heterocycles. The van der Waals surface area contributed by atoms with E-state index in [1.807, 2.05) is 26.0 Å². The summed E-state index contributed by atoms with van der Waals surface area (Å²) in [6.45, 7) is 3.94. The van der Waals surface area contributed by atoms with E-state index in [4.69, 9.17) is 0 Å². The molecule has 0 unspecified atom stereocenters. The van der Waals surface area contributed by atoms with Crippen LogP contribution in [0.1, 0.15) is 24.0 Å². The molecule has 18 heavy (non-hydrogen) atoms. The number of benzene rings is 1. The molecular weight excluding hydrogens is 343 g/mol. The quantitative estimate of drug-likeness (QED) is 0.796. The lowest BCUT2D eigenvalue weighted by Crippen LogP contribution is -2.37. The van der Waals surface area contributed by atoms with Gasteiger partial charge in [0.1, 0.15) is 6.04 Å². The maximum Gasteiger partial charge on any atom is 0.246 e. The first-order chi connectivity index (χ1) is 8.47. The molecule has 0 bridgehead atoms. The Bertz CT molecular complexity index is 491. The summed E-state index contributed by atoms with van der Waals surface area (Å²) in [6.07, 6.45) is 1.01. The van der Waals surface area contributed by atoms with Crippen molar-refractivity contribution in [3.05, 3.63) is 26.8 Å². The molecule has 0 aromatic heterocycles. The topological polar surface area (TPSA) is 58.2 Å². The largest absolute Gasteiger partial charge is 0.344 e. The van der Waals surface area contributed by atoms with Crippen LogP contribution in [0.4, 0.5) is 5.69 Å². The van der Waals surface area contributed by atoms with Crippen LogP contribution < -0.4 is 10.6 Å². The Hall–Kier alpha value is -1.11. The summed E-state index contributed by atoms with van der Waals surface area (Å²) in [6, 6.07) is 3.66. The molecular formula is C13H15IN2O2. The van der Waals surface area contributed by atoms with Gasteiger partial charge in [-0.1, -0.05) is 0 Å². The van der Waals surface area contributed by atoms with Crippen molar-refractivity contribution in [2.45, 2.75) is 32.7 Å². The van der Waals surface area contributed by atoms with E-state index in [2.05, 4.69) is 33.2 Å². The second-order valence-electron chi connectivity index (χ2n) is 4.56. The number of hydrogen-bond acceptors (Lipinski definition) is 2. The zero-order chi connectivity index (χ0) is 13.3. The van der Waals surface area contributed by atoms with Gasteiger partial charge >= 0.3 is 0 Å². The summed E-state index contributed by atoms with van der Waals surface area (Å²) in [5.41, 5.74) is 2.93. The van der Waals surface area contributed by atoms with Crippen molar-refractivity contribution >= 4 is 40.1 Å². The Morgan fingerprint density at radius 1 is 1.39 bits per heavy atom. The number of aryl methyl sites for hydroxylation is 2. The average molecular weight is 358 g/mol. The van der Waals surface area contributed by atoms with Crippen LogP contribution in [-0.2, 0) is 9.59 Å². The molecule has 2 rings (SSSR count). The molecule has 1 fully saturated rings. The molecule has 2 N–H and O–H groups in total. The monoisotopic (exact) mass is 358 g/mol. The predicted octanol–water partition coefficient (Wildman–Crippen LogP) is 2.13. The molecule has 1 atom stereocenters. The van der Waals surface area contributed by atoms with Crippen LogP contribution in [0.2, 0.25) is 0 Å². The normalized spacial score (nSPS) is 18.6. The maximum atomic E-state index is 12.0. The van der Waals surface area contributed by atoms with Crippen LogP contribution in [0.15, 0.2) is 12.1 Å². The minimum absolute atomic E-state index is 0.0498. The number of amides is 2. The number of nitrogens with one attached hydrogen (secondary N) is 2. The van der Waals surface area contributed by atoms with Gasteiger partial charge in [0.25, 0.3) is 0 Å².